The van der Waals surface area contributed by atoms with Crippen molar-refractivity contribution in [2.24, 2.45) is 0 Å². The van der Waals surface area contributed by atoms with Crippen molar-refractivity contribution >= 4 is 44.8 Å². The van der Waals surface area contributed by atoms with Gasteiger partial charge in [0.05, 0.1) is 23.1 Å². The van der Waals surface area contributed by atoms with Crippen LogP contribution in [0.1, 0.15) is 26.3 Å². The first-order chi connectivity index (χ1) is 13.5. The molecule has 0 aliphatic carbocycles. The van der Waals surface area contributed by atoms with Gasteiger partial charge in [0.1, 0.15) is 11.8 Å². The van der Waals surface area contributed by atoms with E-state index in [1.165, 1.54) is 19.1 Å². The second-order valence-corrected chi connectivity index (χ2v) is 9.57. The highest BCUT2D eigenvalue weighted by atomic mass is 35.5. The molecule has 1 N–H and O–H groups in total. The van der Waals surface area contributed by atoms with E-state index in [2.05, 4.69) is 5.32 Å². The van der Waals surface area contributed by atoms with Crippen LogP contribution in [0.3, 0.4) is 0 Å². The van der Waals surface area contributed by atoms with Crippen LogP contribution in [-0.2, 0) is 21.4 Å². The van der Waals surface area contributed by atoms with E-state index in [4.69, 9.17) is 27.9 Å². The maximum absolute atomic E-state index is 12.7. The van der Waals surface area contributed by atoms with Gasteiger partial charge >= 0.3 is 0 Å². The number of sulfonamides is 1. The molecule has 0 bridgehead atoms. The number of nitrogens with zero attached hydrogens (tertiary/aromatic N) is 1. The van der Waals surface area contributed by atoms with Crippen LogP contribution in [-0.4, -0.2) is 32.7 Å². The van der Waals surface area contributed by atoms with Crippen LogP contribution in [0.4, 0.5) is 5.69 Å². The van der Waals surface area contributed by atoms with Crippen LogP contribution in [0.5, 0.6) is 5.75 Å². The molecule has 0 heterocycles. The fourth-order valence-corrected chi connectivity index (χ4v) is 4.38. The van der Waals surface area contributed by atoms with Crippen LogP contribution >= 0.6 is 23.2 Å². The summed E-state index contributed by atoms with van der Waals surface area (Å²) in [5.74, 6) is 0.227. The van der Waals surface area contributed by atoms with E-state index in [1.807, 2.05) is 38.1 Å². The number of anilines is 1. The molecule has 158 valence electrons. The lowest BCUT2D eigenvalue weighted by atomic mass is 10.2. The molecule has 0 aliphatic rings. The second kappa shape index (κ2) is 9.69. The molecule has 0 saturated carbocycles. The van der Waals surface area contributed by atoms with Gasteiger partial charge < -0.3 is 10.1 Å². The molecule has 1 unspecified atom stereocenters. The zero-order valence-electron chi connectivity index (χ0n) is 16.6. The van der Waals surface area contributed by atoms with Crippen molar-refractivity contribution in [2.75, 3.05) is 10.6 Å². The molecule has 2 rings (SSSR count). The number of nitrogens with one attached hydrogen (secondary N) is 1. The number of amides is 1. The first-order valence-electron chi connectivity index (χ1n) is 8.97. The minimum Gasteiger partial charge on any atom is -0.491 e. The van der Waals surface area contributed by atoms with Gasteiger partial charge in [-0.05, 0) is 56.7 Å². The van der Waals surface area contributed by atoms with Crippen LogP contribution in [0.2, 0.25) is 10.0 Å². The lowest BCUT2D eigenvalue weighted by molar-refractivity contribution is -0.122. The molecule has 6 nitrogen and oxygen atoms in total. The van der Waals surface area contributed by atoms with E-state index >= 15 is 0 Å². The number of hydrogen-bond donors (Lipinski definition) is 1. The van der Waals surface area contributed by atoms with E-state index in [0.29, 0.717) is 10.8 Å². The molecular formula is C20H24Cl2N2O4S. The minimum absolute atomic E-state index is 0.0330. The molecule has 1 atom stereocenters. The average Bonchev–Trinajstić information content (AvgIpc) is 2.61. The van der Waals surface area contributed by atoms with Gasteiger partial charge in [-0.15, -0.1) is 0 Å². The number of ether oxygens (including phenoxy) is 1. The molecule has 0 radical (unpaired) electrons. The van der Waals surface area contributed by atoms with E-state index in [9.17, 15) is 13.2 Å². The summed E-state index contributed by atoms with van der Waals surface area (Å²) in [5, 5.41) is 3.25. The van der Waals surface area contributed by atoms with Crippen molar-refractivity contribution in [3.8, 4) is 5.75 Å². The van der Waals surface area contributed by atoms with Gasteiger partial charge in [0.25, 0.3) is 0 Å². The smallest absolute Gasteiger partial charge is 0.243 e. The van der Waals surface area contributed by atoms with Crippen molar-refractivity contribution in [1.29, 1.82) is 0 Å². The maximum Gasteiger partial charge on any atom is 0.243 e. The molecule has 1 amide bonds. The number of carbonyl (C=O) groups is 1. The second-order valence-electron chi connectivity index (χ2n) is 6.86. The lowest BCUT2D eigenvalue weighted by Gasteiger charge is -2.29. The predicted octanol–water partition coefficient (Wildman–Crippen LogP) is 4.25. The van der Waals surface area contributed by atoms with E-state index in [-0.39, 0.29) is 23.4 Å². The Morgan fingerprint density at radius 3 is 2.45 bits per heavy atom. The highest BCUT2D eigenvalue weighted by Gasteiger charge is 2.30. The van der Waals surface area contributed by atoms with Crippen LogP contribution in [0, 0.1) is 0 Å². The van der Waals surface area contributed by atoms with Gasteiger partial charge in [0, 0.05) is 11.6 Å². The quantitative estimate of drug-likeness (QED) is 0.641. The zero-order valence-corrected chi connectivity index (χ0v) is 19.0. The van der Waals surface area contributed by atoms with Crippen LogP contribution < -0.4 is 14.4 Å². The summed E-state index contributed by atoms with van der Waals surface area (Å²) in [6.07, 6.45) is 1.05. The maximum atomic E-state index is 12.7. The SMILES string of the molecule is CC(C)Oc1cccc(CNC(=O)C(C)N(c2cc(Cl)ccc2Cl)S(C)(=O)=O)c1. The van der Waals surface area contributed by atoms with Gasteiger partial charge in [-0.25, -0.2) is 8.42 Å². The summed E-state index contributed by atoms with van der Waals surface area (Å²) in [7, 11) is -3.80. The third-order valence-electron chi connectivity index (χ3n) is 3.97. The fourth-order valence-electron chi connectivity index (χ4n) is 2.77. The largest absolute Gasteiger partial charge is 0.491 e. The van der Waals surface area contributed by atoms with E-state index in [1.54, 1.807) is 6.07 Å². The molecule has 0 spiro atoms. The summed E-state index contributed by atoms with van der Waals surface area (Å²) in [5.41, 5.74) is 0.979. The van der Waals surface area contributed by atoms with E-state index in [0.717, 1.165) is 16.1 Å². The number of rotatable bonds is 8. The van der Waals surface area contributed by atoms with Crippen molar-refractivity contribution in [2.45, 2.75) is 39.5 Å². The summed E-state index contributed by atoms with van der Waals surface area (Å²) in [6.45, 7) is 5.57. The molecule has 0 aromatic heterocycles. The third kappa shape index (κ3) is 6.52. The zero-order chi connectivity index (χ0) is 21.8. The predicted molar refractivity (Wildman–Crippen MR) is 117 cm³/mol. The summed E-state index contributed by atoms with van der Waals surface area (Å²) < 4.78 is 31.4. The number of benzene rings is 2. The topological polar surface area (TPSA) is 75.7 Å². The first-order valence-corrected chi connectivity index (χ1v) is 11.6. The van der Waals surface area contributed by atoms with Crippen molar-refractivity contribution < 1.29 is 17.9 Å². The molecule has 9 heteroatoms. The molecule has 2 aromatic rings. The molecule has 2 aromatic carbocycles. The highest BCUT2D eigenvalue weighted by Crippen LogP contribution is 2.32. The highest BCUT2D eigenvalue weighted by molar-refractivity contribution is 7.92. The number of carbonyl (C=O) groups excluding carboxylic acids is 1. The Bertz CT molecular complexity index is 980. The molecule has 29 heavy (non-hydrogen) atoms. The Hall–Kier alpha value is -1.96. The van der Waals surface area contributed by atoms with Crippen molar-refractivity contribution in [3.63, 3.8) is 0 Å². The summed E-state index contributed by atoms with van der Waals surface area (Å²) in [6, 6.07) is 10.8. The fraction of sp³-hybridized carbons (Fsp3) is 0.350. The average molecular weight is 459 g/mol. The third-order valence-corrected chi connectivity index (χ3v) is 5.75. The Labute approximate surface area is 181 Å². The minimum atomic E-state index is -3.80. The molecule has 0 saturated heterocycles. The standard InChI is InChI=1S/C20H24Cl2N2O4S/c1-13(2)28-17-7-5-6-15(10-17)12-23-20(25)14(3)24(29(4,26)27)19-11-16(21)8-9-18(19)22/h5-11,13-14H,12H2,1-4H3,(H,23,25). The summed E-state index contributed by atoms with van der Waals surface area (Å²) >= 11 is 12.2. The Morgan fingerprint density at radius 1 is 1.14 bits per heavy atom. The summed E-state index contributed by atoms with van der Waals surface area (Å²) in [4.78, 5) is 12.7. The van der Waals surface area contributed by atoms with Gasteiger partial charge in [0.2, 0.25) is 15.9 Å². The first kappa shape index (κ1) is 23.3. The van der Waals surface area contributed by atoms with Gasteiger partial charge in [-0.1, -0.05) is 35.3 Å². The Balaban J connectivity index is 2.19. The lowest BCUT2D eigenvalue weighted by Crippen LogP contribution is -2.47. The normalized spacial score (nSPS) is 12.5. The number of hydrogen-bond acceptors (Lipinski definition) is 4. The Morgan fingerprint density at radius 2 is 1.83 bits per heavy atom. The van der Waals surface area contributed by atoms with Gasteiger partial charge in [-0.3, -0.25) is 9.10 Å². The molecule has 0 fully saturated rings. The van der Waals surface area contributed by atoms with Gasteiger partial charge in [0.15, 0.2) is 0 Å². The van der Waals surface area contributed by atoms with Crippen molar-refractivity contribution in [1.82, 2.24) is 5.32 Å². The molecule has 0 aliphatic heterocycles. The molecular weight excluding hydrogens is 435 g/mol. The van der Waals surface area contributed by atoms with Crippen LogP contribution in [0.15, 0.2) is 42.5 Å². The Kier molecular flexibility index (Phi) is 7.80. The number of halogens is 2. The van der Waals surface area contributed by atoms with Crippen molar-refractivity contribution in [3.05, 3.63) is 58.1 Å². The van der Waals surface area contributed by atoms with E-state index < -0.39 is 22.0 Å². The monoisotopic (exact) mass is 458 g/mol. The van der Waals surface area contributed by atoms with Gasteiger partial charge in [-0.2, -0.15) is 0 Å². The van der Waals surface area contributed by atoms with Crippen LogP contribution in [0.25, 0.3) is 0 Å².